The Balaban J connectivity index is 0.000000545. The van der Waals surface area contributed by atoms with Gasteiger partial charge >= 0.3 is 12.1 Å². The highest BCUT2D eigenvalue weighted by Gasteiger charge is 2.35. The predicted molar refractivity (Wildman–Crippen MR) is 139 cm³/mol. The summed E-state index contributed by atoms with van der Waals surface area (Å²) >= 11 is 0. The van der Waals surface area contributed by atoms with Gasteiger partial charge in [-0.2, -0.15) is 13.2 Å². The van der Waals surface area contributed by atoms with Gasteiger partial charge in [-0.3, -0.25) is 4.31 Å². The number of carboxylic acids is 1. The highest BCUT2D eigenvalue weighted by molar-refractivity contribution is 7.92. The van der Waals surface area contributed by atoms with Gasteiger partial charge in [0.25, 0.3) is 10.0 Å². The zero-order valence-corrected chi connectivity index (χ0v) is 22.6. The smallest absolute Gasteiger partial charge is 0.416 e. The van der Waals surface area contributed by atoms with E-state index in [0.29, 0.717) is 6.07 Å². The van der Waals surface area contributed by atoms with E-state index in [0.717, 1.165) is 40.7 Å². The number of carbonyl (C=O) groups is 1. The molecule has 1 aliphatic heterocycles. The van der Waals surface area contributed by atoms with Crippen molar-refractivity contribution in [3.63, 3.8) is 0 Å². The number of fused-ring (bicyclic) bond motifs is 1. The first-order valence-corrected chi connectivity index (χ1v) is 13.5. The van der Waals surface area contributed by atoms with Crippen molar-refractivity contribution in [1.29, 1.82) is 0 Å². The molecule has 1 heterocycles. The van der Waals surface area contributed by atoms with Crippen LogP contribution in [-0.2, 0) is 21.0 Å². The van der Waals surface area contributed by atoms with E-state index in [2.05, 4.69) is 0 Å². The monoisotopic (exact) mass is 589 g/mol. The van der Waals surface area contributed by atoms with E-state index in [-0.39, 0.29) is 42.1 Å². The van der Waals surface area contributed by atoms with Gasteiger partial charge in [0.15, 0.2) is 6.10 Å². The lowest BCUT2D eigenvalue weighted by molar-refractivity contribution is -0.146. The van der Waals surface area contributed by atoms with Crippen molar-refractivity contribution in [1.82, 2.24) is 0 Å². The number of alkyl halides is 3. The summed E-state index contributed by atoms with van der Waals surface area (Å²) in [6, 6.07) is 10.4. The van der Waals surface area contributed by atoms with Gasteiger partial charge in [-0.1, -0.05) is 32.9 Å². The molecule has 0 fully saturated rings. The van der Waals surface area contributed by atoms with E-state index in [4.69, 9.17) is 14.9 Å². The fourth-order valence-electron chi connectivity index (χ4n) is 3.46. The van der Waals surface area contributed by atoms with Crippen molar-refractivity contribution < 1.29 is 50.1 Å². The Morgan fingerprint density at radius 3 is 2.30 bits per heavy atom. The SMILES string of the molecule is CC.CCC(O)C(=O)O.O=S(=O)(c1cccc(C(F)(F)F)c1)N1CCOc2ccc(-c3cc(F)ccc3F)cc21. The number of rotatable bonds is 5. The number of hydrogen-bond donors (Lipinski definition) is 2. The second-order valence-electron chi connectivity index (χ2n) is 8.02. The van der Waals surface area contributed by atoms with Crippen LogP contribution in [0.15, 0.2) is 65.6 Å². The third-order valence-electron chi connectivity index (χ3n) is 5.44. The molecule has 0 saturated heterocycles. The predicted octanol–water partition coefficient (Wildman–Crippen LogP) is 6.11. The van der Waals surface area contributed by atoms with E-state index < -0.39 is 50.4 Å². The summed E-state index contributed by atoms with van der Waals surface area (Å²) in [5.41, 5.74) is -0.988. The number of anilines is 1. The summed E-state index contributed by atoms with van der Waals surface area (Å²) < 4.78 is 99.7. The average molecular weight is 590 g/mol. The first-order chi connectivity index (χ1) is 18.8. The van der Waals surface area contributed by atoms with Crippen LogP contribution in [0.25, 0.3) is 11.1 Å². The lowest BCUT2D eigenvalue weighted by Crippen LogP contribution is -2.38. The molecule has 0 saturated carbocycles. The molecule has 3 aromatic carbocycles. The average Bonchev–Trinajstić information content (AvgIpc) is 2.94. The van der Waals surface area contributed by atoms with E-state index in [9.17, 15) is 35.2 Å². The third kappa shape index (κ3) is 7.69. The molecular formula is C27H28F5NO6S. The summed E-state index contributed by atoms with van der Waals surface area (Å²) in [6.45, 7) is 5.41. The third-order valence-corrected chi connectivity index (χ3v) is 7.25. The van der Waals surface area contributed by atoms with Gasteiger partial charge in [-0.15, -0.1) is 0 Å². The lowest BCUT2D eigenvalue weighted by atomic mass is 10.0. The number of nitrogens with zero attached hydrogens (tertiary/aromatic N) is 1. The number of aliphatic hydroxyl groups excluding tert-OH is 1. The van der Waals surface area contributed by atoms with Crippen LogP contribution >= 0.6 is 0 Å². The second-order valence-corrected chi connectivity index (χ2v) is 9.88. The van der Waals surface area contributed by atoms with Gasteiger partial charge in [0.2, 0.25) is 0 Å². The van der Waals surface area contributed by atoms with Gasteiger partial charge in [-0.25, -0.2) is 22.0 Å². The number of halogens is 5. The fourth-order valence-corrected chi connectivity index (χ4v) is 4.96. The quantitative estimate of drug-likeness (QED) is 0.349. The maximum Gasteiger partial charge on any atom is 0.416 e. The van der Waals surface area contributed by atoms with E-state index >= 15 is 0 Å². The van der Waals surface area contributed by atoms with Crippen LogP contribution < -0.4 is 9.04 Å². The number of aliphatic carboxylic acids is 1. The van der Waals surface area contributed by atoms with Gasteiger partial charge in [-0.05, 0) is 60.5 Å². The largest absolute Gasteiger partial charge is 0.489 e. The Labute approximate surface area is 228 Å². The number of sulfonamides is 1. The minimum Gasteiger partial charge on any atom is -0.489 e. The Bertz CT molecular complexity index is 1430. The number of carboxylic acid groups (broad SMARTS) is 1. The topological polar surface area (TPSA) is 104 Å². The summed E-state index contributed by atoms with van der Waals surface area (Å²) in [6.07, 6.45) is -5.62. The molecule has 0 bridgehead atoms. The Kier molecular flexibility index (Phi) is 11.0. The van der Waals surface area contributed by atoms with E-state index in [1.807, 2.05) is 13.8 Å². The van der Waals surface area contributed by atoms with Gasteiger partial charge in [0, 0.05) is 5.56 Å². The van der Waals surface area contributed by atoms with Crippen molar-refractivity contribution >= 4 is 21.7 Å². The summed E-state index contributed by atoms with van der Waals surface area (Å²) in [7, 11) is -4.39. The van der Waals surface area contributed by atoms with Crippen LogP contribution in [-0.4, -0.2) is 43.9 Å². The molecule has 2 N–H and O–H groups in total. The lowest BCUT2D eigenvalue weighted by Gasteiger charge is -2.31. The summed E-state index contributed by atoms with van der Waals surface area (Å²) in [4.78, 5) is 9.14. The number of hydrogen-bond acceptors (Lipinski definition) is 5. The molecule has 40 heavy (non-hydrogen) atoms. The normalized spacial score (nSPS) is 13.5. The maximum atomic E-state index is 14.2. The minimum absolute atomic E-state index is 0.0184. The molecule has 1 atom stereocenters. The second kappa shape index (κ2) is 13.6. The molecule has 1 aliphatic rings. The minimum atomic E-state index is -4.71. The molecule has 218 valence electrons. The first kappa shape index (κ1) is 32.5. The van der Waals surface area contributed by atoms with Crippen LogP contribution in [0.2, 0.25) is 0 Å². The molecule has 3 aromatic rings. The molecule has 0 aliphatic carbocycles. The molecule has 4 rings (SSSR count). The van der Waals surface area contributed by atoms with Gasteiger partial charge < -0.3 is 14.9 Å². The van der Waals surface area contributed by atoms with Crippen LogP contribution in [0.4, 0.5) is 27.6 Å². The van der Waals surface area contributed by atoms with Crippen molar-refractivity contribution in [2.24, 2.45) is 0 Å². The molecule has 0 aromatic heterocycles. The van der Waals surface area contributed by atoms with Crippen LogP contribution in [0.3, 0.4) is 0 Å². The van der Waals surface area contributed by atoms with Crippen LogP contribution in [0, 0.1) is 11.6 Å². The fraction of sp³-hybridized carbons (Fsp3) is 0.296. The molecule has 0 radical (unpaired) electrons. The molecule has 0 amide bonds. The molecular weight excluding hydrogens is 561 g/mol. The van der Waals surface area contributed by atoms with Crippen LogP contribution in [0.5, 0.6) is 5.75 Å². The number of benzene rings is 3. The number of aliphatic hydroxyl groups is 1. The van der Waals surface area contributed by atoms with Crippen molar-refractivity contribution in [2.45, 2.75) is 44.4 Å². The van der Waals surface area contributed by atoms with E-state index in [1.54, 1.807) is 6.92 Å². The molecule has 13 heteroatoms. The van der Waals surface area contributed by atoms with Gasteiger partial charge in [0.1, 0.15) is 24.0 Å². The first-order valence-electron chi connectivity index (χ1n) is 12.1. The Morgan fingerprint density at radius 2 is 1.73 bits per heavy atom. The zero-order chi connectivity index (χ0) is 30.3. The van der Waals surface area contributed by atoms with E-state index in [1.165, 1.54) is 18.2 Å². The Hall–Kier alpha value is -3.71. The van der Waals surface area contributed by atoms with Crippen LogP contribution in [0.1, 0.15) is 32.8 Å². The molecule has 7 nitrogen and oxygen atoms in total. The zero-order valence-electron chi connectivity index (χ0n) is 21.7. The maximum absolute atomic E-state index is 14.2. The highest BCUT2D eigenvalue weighted by atomic mass is 32.2. The standard InChI is InChI=1S/C21H14F5NO3S.C4H8O3.C2H6/c22-15-5-6-18(23)17(12-15)13-4-7-20-19(10-13)27(8-9-30-20)31(28,29)16-3-1-2-14(11-16)21(24,25)26;1-2-3(5)4(6)7;1-2/h1-7,10-12H,8-9H2;3,5H,2H2,1H3,(H,6,7);1-2H3. The number of ether oxygens (including phenoxy) is 1. The van der Waals surface area contributed by atoms with Gasteiger partial charge in [0.05, 0.1) is 22.7 Å². The van der Waals surface area contributed by atoms with Crippen molar-refractivity contribution in [3.8, 4) is 16.9 Å². The van der Waals surface area contributed by atoms with Crippen molar-refractivity contribution in [2.75, 3.05) is 17.5 Å². The highest BCUT2D eigenvalue weighted by Crippen LogP contribution is 2.40. The Morgan fingerprint density at radius 1 is 1.05 bits per heavy atom. The molecule has 1 unspecified atom stereocenters. The molecule has 0 spiro atoms. The summed E-state index contributed by atoms with van der Waals surface area (Å²) in [5.74, 6) is -2.39. The van der Waals surface area contributed by atoms with Crippen molar-refractivity contribution in [3.05, 3.63) is 77.9 Å². The summed E-state index contributed by atoms with van der Waals surface area (Å²) in [5, 5.41) is 16.3.